The fourth-order valence-corrected chi connectivity index (χ4v) is 4.95. The van der Waals surface area contributed by atoms with Gasteiger partial charge >= 0.3 is 0 Å². The Bertz CT molecular complexity index is 892. The van der Waals surface area contributed by atoms with Crippen LogP contribution in [0, 0.1) is 11.7 Å². The molecule has 0 amide bonds. The monoisotopic (exact) mass is 565 g/mol. The summed E-state index contributed by atoms with van der Waals surface area (Å²) >= 11 is 0. The standard InChI is InChI=1S/C26H34FN3O2.3ClH.H2O/c1-20(26(32)22-6-10-24(31)11-7-22)18-28-14-16-29(17-15-28)19-25(30-12-2-3-13-30)21-4-8-23(27)9-5-21;;;;/h4-11,20,25,31H,2-3,12-19H2,1H3;3*1H;1H2. The molecule has 2 saturated heterocycles. The molecule has 0 bridgehead atoms. The average Bonchev–Trinajstić information content (AvgIpc) is 3.34. The van der Waals surface area contributed by atoms with E-state index in [9.17, 15) is 14.3 Å². The molecule has 4 rings (SSSR count). The van der Waals surface area contributed by atoms with Crippen LogP contribution in [0.15, 0.2) is 48.5 Å². The van der Waals surface area contributed by atoms with E-state index in [0.29, 0.717) is 11.6 Å². The van der Waals surface area contributed by atoms with Gasteiger partial charge in [0.2, 0.25) is 0 Å². The highest BCUT2D eigenvalue weighted by atomic mass is 35.5. The van der Waals surface area contributed by atoms with Crippen molar-refractivity contribution >= 4 is 43.0 Å². The van der Waals surface area contributed by atoms with Crippen molar-refractivity contribution < 1.29 is 19.8 Å². The molecule has 2 aliphatic heterocycles. The Kier molecular flexibility index (Phi) is 15.7. The van der Waals surface area contributed by atoms with E-state index in [2.05, 4.69) is 14.7 Å². The number of ketones is 1. The van der Waals surface area contributed by atoms with E-state index >= 15 is 0 Å². The second-order valence-electron chi connectivity index (χ2n) is 9.22. The van der Waals surface area contributed by atoms with Crippen LogP contribution in [-0.4, -0.2) is 83.4 Å². The van der Waals surface area contributed by atoms with E-state index in [1.165, 1.54) is 18.4 Å². The largest absolute Gasteiger partial charge is 0.508 e. The Morgan fingerprint density at radius 1 is 0.833 bits per heavy atom. The number of piperazine rings is 1. The molecular formula is C26H39Cl3FN3O3. The maximum absolute atomic E-state index is 13.5. The Balaban J connectivity index is 0.00000306. The van der Waals surface area contributed by atoms with Crippen molar-refractivity contribution in [3.05, 3.63) is 65.5 Å². The number of carbonyl (C=O) groups excluding carboxylic acids is 1. The van der Waals surface area contributed by atoms with E-state index < -0.39 is 0 Å². The minimum absolute atomic E-state index is 0. The molecule has 0 aromatic heterocycles. The van der Waals surface area contributed by atoms with Gasteiger partial charge in [-0.2, -0.15) is 0 Å². The summed E-state index contributed by atoms with van der Waals surface area (Å²) in [5.74, 6) is 0.0391. The Hall–Kier alpha value is -1.45. The summed E-state index contributed by atoms with van der Waals surface area (Å²) < 4.78 is 13.5. The predicted molar refractivity (Wildman–Crippen MR) is 150 cm³/mol. The molecule has 0 aliphatic carbocycles. The lowest BCUT2D eigenvalue weighted by Crippen LogP contribution is -2.50. The fraction of sp³-hybridized carbons (Fsp3) is 0.500. The Morgan fingerprint density at radius 3 is 1.86 bits per heavy atom. The third-order valence-electron chi connectivity index (χ3n) is 6.86. The summed E-state index contributed by atoms with van der Waals surface area (Å²) in [5.41, 5.74) is 1.85. The van der Waals surface area contributed by atoms with Crippen molar-refractivity contribution in [3.63, 3.8) is 0 Å². The second kappa shape index (κ2) is 16.4. The Morgan fingerprint density at radius 2 is 1.33 bits per heavy atom. The van der Waals surface area contributed by atoms with Crippen LogP contribution >= 0.6 is 37.2 Å². The zero-order chi connectivity index (χ0) is 22.5. The maximum atomic E-state index is 13.5. The van der Waals surface area contributed by atoms with Crippen molar-refractivity contribution in [3.8, 4) is 5.75 Å². The van der Waals surface area contributed by atoms with Gasteiger partial charge < -0.3 is 15.5 Å². The van der Waals surface area contributed by atoms with Crippen LogP contribution < -0.4 is 0 Å². The summed E-state index contributed by atoms with van der Waals surface area (Å²) in [5, 5.41) is 9.44. The molecule has 0 radical (unpaired) electrons. The first-order valence-electron chi connectivity index (χ1n) is 11.8. The fourth-order valence-electron chi connectivity index (χ4n) is 4.95. The number of Topliss-reactive ketones (excluding diaryl/α,β-unsaturated/α-hetero) is 1. The van der Waals surface area contributed by atoms with Gasteiger partial charge in [0.15, 0.2) is 5.78 Å². The van der Waals surface area contributed by atoms with Crippen LogP contribution in [0.5, 0.6) is 5.75 Å². The highest BCUT2D eigenvalue weighted by Gasteiger charge is 2.28. The summed E-state index contributed by atoms with van der Waals surface area (Å²) in [6, 6.07) is 13.8. The number of halogens is 4. The van der Waals surface area contributed by atoms with Gasteiger partial charge in [-0.25, -0.2) is 4.39 Å². The molecule has 0 saturated carbocycles. The molecule has 2 atom stereocenters. The molecule has 2 aromatic carbocycles. The lowest BCUT2D eigenvalue weighted by Gasteiger charge is -2.39. The molecule has 2 fully saturated rings. The van der Waals surface area contributed by atoms with Gasteiger partial charge in [-0.1, -0.05) is 19.1 Å². The molecular weight excluding hydrogens is 528 g/mol. The number of aromatic hydroxyl groups is 1. The molecule has 2 aromatic rings. The van der Waals surface area contributed by atoms with E-state index in [1.54, 1.807) is 36.4 Å². The Labute approximate surface area is 232 Å². The van der Waals surface area contributed by atoms with Crippen LogP contribution in [0.1, 0.15) is 41.7 Å². The van der Waals surface area contributed by atoms with Crippen molar-refractivity contribution in [2.45, 2.75) is 25.8 Å². The van der Waals surface area contributed by atoms with Crippen LogP contribution in [0.2, 0.25) is 0 Å². The van der Waals surface area contributed by atoms with E-state index in [-0.39, 0.29) is 66.0 Å². The number of hydrogen-bond acceptors (Lipinski definition) is 5. The molecule has 10 heteroatoms. The van der Waals surface area contributed by atoms with Gasteiger partial charge in [-0.15, -0.1) is 37.2 Å². The number of carbonyl (C=O) groups is 1. The summed E-state index contributed by atoms with van der Waals surface area (Å²) in [4.78, 5) is 20.1. The number of phenols is 1. The zero-order valence-electron chi connectivity index (χ0n) is 20.6. The van der Waals surface area contributed by atoms with Gasteiger partial charge in [0.05, 0.1) is 0 Å². The number of hydrogen-bond donors (Lipinski definition) is 1. The van der Waals surface area contributed by atoms with Crippen molar-refractivity contribution in [2.75, 3.05) is 52.4 Å². The van der Waals surface area contributed by atoms with Crippen LogP contribution in [-0.2, 0) is 0 Å². The minimum Gasteiger partial charge on any atom is -0.508 e. The lowest BCUT2D eigenvalue weighted by atomic mass is 9.98. The van der Waals surface area contributed by atoms with Crippen molar-refractivity contribution in [1.82, 2.24) is 14.7 Å². The molecule has 0 spiro atoms. The molecule has 3 N–H and O–H groups in total. The van der Waals surface area contributed by atoms with Crippen LogP contribution in [0.3, 0.4) is 0 Å². The zero-order valence-corrected chi connectivity index (χ0v) is 23.1. The van der Waals surface area contributed by atoms with Crippen LogP contribution in [0.4, 0.5) is 4.39 Å². The van der Waals surface area contributed by atoms with Gasteiger partial charge in [-0.3, -0.25) is 14.6 Å². The first-order valence-corrected chi connectivity index (χ1v) is 11.8. The number of nitrogens with zero attached hydrogens (tertiary/aromatic N) is 3. The predicted octanol–water partition coefficient (Wildman–Crippen LogP) is 4.25. The molecule has 204 valence electrons. The third kappa shape index (κ3) is 9.14. The number of benzene rings is 2. The lowest BCUT2D eigenvalue weighted by molar-refractivity contribution is 0.0769. The van der Waals surface area contributed by atoms with Crippen molar-refractivity contribution in [1.29, 1.82) is 0 Å². The topological polar surface area (TPSA) is 78.5 Å². The van der Waals surface area contributed by atoms with Crippen LogP contribution in [0.25, 0.3) is 0 Å². The summed E-state index contributed by atoms with van der Waals surface area (Å²) in [6.45, 7) is 9.77. The molecule has 2 heterocycles. The smallest absolute Gasteiger partial charge is 0.166 e. The van der Waals surface area contributed by atoms with Gasteiger partial charge in [0.1, 0.15) is 11.6 Å². The second-order valence-corrected chi connectivity index (χ2v) is 9.22. The first-order chi connectivity index (χ1) is 15.5. The van der Waals surface area contributed by atoms with Gasteiger partial charge in [0, 0.05) is 56.8 Å². The SMILES string of the molecule is CC(CN1CCN(CC(c2ccc(F)cc2)N2CCCC2)CC1)C(=O)c1ccc(O)cc1.Cl.Cl.Cl.O. The maximum Gasteiger partial charge on any atom is 0.166 e. The molecule has 36 heavy (non-hydrogen) atoms. The average molecular weight is 567 g/mol. The van der Waals surface area contributed by atoms with Crippen molar-refractivity contribution in [2.24, 2.45) is 5.92 Å². The third-order valence-corrected chi connectivity index (χ3v) is 6.86. The molecule has 2 unspecified atom stereocenters. The summed E-state index contributed by atoms with van der Waals surface area (Å²) in [7, 11) is 0. The number of likely N-dealkylation sites (tertiary alicyclic amines) is 1. The first kappa shape index (κ1) is 34.6. The molecule has 6 nitrogen and oxygen atoms in total. The molecule has 2 aliphatic rings. The van der Waals surface area contributed by atoms with E-state index in [4.69, 9.17) is 0 Å². The quantitative estimate of drug-likeness (QED) is 0.484. The normalized spacial score (nSPS) is 18.1. The minimum atomic E-state index is -0.182. The van der Waals surface area contributed by atoms with E-state index in [0.717, 1.165) is 52.4 Å². The van der Waals surface area contributed by atoms with Gasteiger partial charge in [0.25, 0.3) is 0 Å². The highest BCUT2D eigenvalue weighted by molar-refractivity contribution is 5.97. The van der Waals surface area contributed by atoms with Gasteiger partial charge in [-0.05, 0) is 67.9 Å². The highest BCUT2D eigenvalue weighted by Crippen LogP contribution is 2.27. The summed E-state index contributed by atoms with van der Waals surface area (Å²) in [6.07, 6.45) is 2.47. The van der Waals surface area contributed by atoms with E-state index in [1.807, 2.05) is 19.1 Å². The number of rotatable bonds is 8. The number of phenolic OH excluding ortho intramolecular Hbond substituents is 1.